The first-order chi connectivity index (χ1) is 10.2. The van der Waals surface area contributed by atoms with Crippen molar-refractivity contribution in [2.45, 2.75) is 13.1 Å². The Morgan fingerprint density at radius 3 is 2.73 bits per heavy atom. The van der Waals surface area contributed by atoms with Crippen molar-refractivity contribution in [3.05, 3.63) is 23.8 Å². The molecule has 2 aromatic rings. The molecule has 8 heteroatoms. The topological polar surface area (TPSA) is 42.4 Å². The highest BCUT2D eigenvalue weighted by molar-refractivity contribution is 7.22. The molecule has 0 fully saturated rings. The van der Waals surface area contributed by atoms with Crippen molar-refractivity contribution in [1.82, 2.24) is 4.98 Å². The Kier molecular flexibility index (Phi) is 4.60. The summed E-state index contributed by atoms with van der Waals surface area (Å²) in [6.45, 7) is 2.09. The number of benzene rings is 1. The van der Waals surface area contributed by atoms with Gasteiger partial charge in [0.2, 0.25) is 0 Å². The monoisotopic (exact) mass is 332 g/mol. The zero-order valence-corrected chi connectivity index (χ0v) is 13.1. The van der Waals surface area contributed by atoms with E-state index < -0.39 is 11.7 Å². The maximum absolute atomic E-state index is 12.7. The van der Waals surface area contributed by atoms with Crippen molar-refractivity contribution >= 4 is 32.7 Å². The van der Waals surface area contributed by atoms with Gasteiger partial charge in [-0.05, 0) is 18.2 Å². The second-order valence-electron chi connectivity index (χ2n) is 4.98. The van der Waals surface area contributed by atoms with E-state index in [2.05, 4.69) is 9.72 Å². The number of thiazole rings is 1. The van der Waals surface area contributed by atoms with Crippen LogP contribution in [0.1, 0.15) is 12.5 Å². The molecule has 0 saturated heterocycles. The molecule has 120 valence electrons. The van der Waals surface area contributed by atoms with Crippen LogP contribution in [0.3, 0.4) is 0 Å². The molecule has 0 unspecified atom stereocenters. The smallest absolute Gasteiger partial charge is 0.416 e. The molecule has 0 saturated carbocycles. The molecule has 0 aliphatic heterocycles. The van der Waals surface area contributed by atoms with Crippen LogP contribution in [0.2, 0.25) is 0 Å². The normalized spacial score (nSPS) is 13.2. The largest absolute Gasteiger partial charge is 0.469 e. The molecule has 0 bridgehead atoms. The van der Waals surface area contributed by atoms with Gasteiger partial charge < -0.3 is 9.64 Å². The number of carbonyl (C=O) groups excluding carboxylic acids is 1. The first-order valence-corrected chi connectivity index (χ1v) is 7.30. The summed E-state index contributed by atoms with van der Waals surface area (Å²) < 4.78 is 43.4. The lowest BCUT2D eigenvalue weighted by Gasteiger charge is -2.18. The number of methoxy groups -OCH3 is 1. The van der Waals surface area contributed by atoms with Crippen LogP contribution in [-0.2, 0) is 15.7 Å². The maximum atomic E-state index is 12.7. The van der Waals surface area contributed by atoms with E-state index in [4.69, 9.17) is 0 Å². The van der Waals surface area contributed by atoms with E-state index in [1.165, 1.54) is 24.5 Å². The second-order valence-corrected chi connectivity index (χ2v) is 5.99. The van der Waals surface area contributed by atoms with Crippen LogP contribution in [0.15, 0.2) is 18.2 Å². The fourth-order valence-corrected chi connectivity index (χ4v) is 2.94. The number of alkyl halides is 3. The van der Waals surface area contributed by atoms with Crippen molar-refractivity contribution < 1.29 is 22.7 Å². The van der Waals surface area contributed by atoms with E-state index >= 15 is 0 Å². The highest BCUT2D eigenvalue weighted by Crippen LogP contribution is 2.34. The molecule has 1 atom stereocenters. The van der Waals surface area contributed by atoms with Crippen LogP contribution in [0.5, 0.6) is 0 Å². The molecule has 0 aliphatic rings. The van der Waals surface area contributed by atoms with Gasteiger partial charge >= 0.3 is 12.1 Å². The molecule has 0 radical (unpaired) electrons. The van der Waals surface area contributed by atoms with E-state index in [1.807, 2.05) is 0 Å². The van der Waals surface area contributed by atoms with Gasteiger partial charge in [0.1, 0.15) is 0 Å². The zero-order valence-electron chi connectivity index (χ0n) is 12.3. The molecule has 0 N–H and O–H groups in total. The highest BCUT2D eigenvalue weighted by Gasteiger charge is 2.31. The quantitative estimate of drug-likeness (QED) is 0.803. The number of hydrogen-bond donors (Lipinski definition) is 0. The molecule has 0 spiro atoms. The number of esters is 1. The highest BCUT2D eigenvalue weighted by atomic mass is 32.1. The third-order valence-corrected chi connectivity index (χ3v) is 4.33. The average Bonchev–Trinajstić information content (AvgIpc) is 2.88. The number of hydrogen-bond acceptors (Lipinski definition) is 5. The van der Waals surface area contributed by atoms with Gasteiger partial charge in [-0.25, -0.2) is 4.98 Å². The Hall–Kier alpha value is -1.83. The SMILES string of the molecule is COC(=O)[C@@H](C)CN(C)c1nc2cc(C(F)(F)F)ccc2s1. The number of aromatic nitrogens is 1. The minimum absolute atomic E-state index is 0.299. The fourth-order valence-electron chi connectivity index (χ4n) is 2.02. The van der Waals surface area contributed by atoms with Gasteiger partial charge in [-0.1, -0.05) is 18.3 Å². The van der Waals surface area contributed by atoms with Gasteiger partial charge in [0, 0.05) is 13.6 Å². The van der Waals surface area contributed by atoms with Crippen molar-refractivity contribution in [3.8, 4) is 0 Å². The van der Waals surface area contributed by atoms with Crippen LogP contribution in [0.25, 0.3) is 10.2 Å². The van der Waals surface area contributed by atoms with Crippen molar-refractivity contribution in [2.24, 2.45) is 5.92 Å². The number of ether oxygens (including phenoxy) is 1. The van der Waals surface area contributed by atoms with Gasteiger partial charge in [-0.2, -0.15) is 13.2 Å². The van der Waals surface area contributed by atoms with Gasteiger partial charge in [0.25, 0.3) is 0 Å². The van der Waals surface area contributed by atoms with Crippen molar-refractivity contribution in [1.29, 1.82) is 0 Å². The van der Waals surface area contributed by atoms with Crippen LogP contribution < -0.4 is 4.90 Å². The lowest BCUT2D eigenvalue weighted by molar-refractivity contribution is -0.144. The number of carbonyl (C=O) groups is 1. The predicted molar refractivity (Wildman–Crippen MR) is 79.1 cm³/mol. The summed E-state index contributed by atoms with van der Waals surface area (Å²) in [6.07, 6.45) is -4.39. The van der Waals surface area contributed by atoms with Gasteiger partial charge in [-0.3, -0.25) is 4.79 Å². The van der Waals surface area contributed by atoms with Crippen molar-refractivity contribution in [3.63, 3.8) is 0 Å². The Labute approximate surface area is 129 Å². The molecule has 4 nitrogen and oxygen atoms in total. The lowest BCUT2D eigenvalue weighted by Crippen LogP contribution is -2.29. The standard InChI is InChI=1S/C14H15F3N2O2S/c1-8(12(20)21-3)7-19(2)13-18-10-6-9(14(15,16)17)4-5-11(10)22-13/h4-6,8H,7H2,1-3H3/t8-/m0/s1. The molecule has 1 aromatic heterocycles. The van der Waals surface area contributed by atoms with Gasteiger partial charge in [-0.15, -0.1) is 0 Å². The molecular formula is C14H15F3N2O2S. The third-order valence-electron chi connectivity index (χ3n) is 3.18. The van der Waals surface area contributed by atoms with Crippen LogP contribution in [-0.4, -0.2) is 31.7 Å². The molecule has 1 heterocycles. The van der Waals surface area contributed by atoms with Crippen molar-refractivity contribution in [2.75, 3.05) is 25.6 Å². The van der Waals surface area contributed by atoms with Crippen LogP contribution >= 0.6 is 11.3 Å². The maximum Gasteiger partial charge on any atom is 0.416 e. The van der Waals surface area contributed by atoms with Crippen LogP contribution in [0, 0.1) is 5.92 Å². The Morgan fingerprint density at radius 2 is 2.14 bits per heavy atom. The van der Waals surface area contributed by atoms with Gasteiger partial charge in [0.15, 0.2) is 5.13 Å². The molecule has 0 amide bonds. The minimum Gasteiger partial charge on any atom is -0.469 e. The molecule has 1 aromatic carbocycles. The molecule has 2 rings (SSSR count). The van der Waals surface area contributed by atoms with Crippen LogP contribution in [0.4, 0.5) is 18.3 Å². The van der Waals surface area contributed by atoms with Gasteiger partial charge in [0.05, 0.1) is 28.8 Å². The zero-order chi connectivity index (χ0) is 16.5. The summed E-state index contributed by atoms with van der Waals surface area (Å²) in [7, 11) is 3.05. The second kappa shape index (κ2) is 6.12. The average molecular weight is 332 g/mol. The summed E-state index contributed by atoms with van der Waals surface area (Å²) in [6, 6.07) is 3.49. The van der Waals surface area contributed by atoms with E-state index in [-0.39, 0.29) is 11.9 Å². The van der Waals surface area contributed by atoms with E-state index in [1.54, 1.807) is 18.9 Å². The van der Waals surface area contributed by atoms with E-state index in [0.29, 0.717) is 21.9 Å². The molecule has 0 aliphatic carbocycles. The Bertz CT molecular complexity index is 684. The molecule has 22 heavy (non-hydrogen) atoms. The fraction of sp³-hybridized carbons (Fsp3) is 0.429. The summed E-state index contributed by atoms with van der Waals surface area (Å²) in [5, 5.41) is 0.560. The number of halogens is 3. The van der Waals surface area contributed by atoms with E-state index in [9.17, 15) is 18.0 Å². The number of nitrogens with zero attached hydrogens (tertiary/aromatic N) is 2. The Morgan fingerprint density at radius 1 is 1.45 bits per heavy atom. The number of anilines is 1. The summed E-state index contributed by atoms with van der Waals surface area (Å²) >= 11 is 1.28. The first kappa shape index (κ1) is 16.5. The first-order valence-electron chi connectivity index (χ1n) is 6.49. The summed E-state index contributed by atoms with van der Waals surface area (Å²) in [5.41, 5.74) is -0.421. The molecular weight excluding hydrogens is 317 g/mol. The minimum atomic E-state index is -4.39. The summed E-state index contributed by atoms with van der Waals surface area (Å²) in [5.74, 6) is -0.694. The lowest BCUT2D eigenvalue weighted by atomic mass is 10.2. The number of rotatable bonds is 4. The van der Waals surface area contributed by atoms with E-state index in [0.717, 1.165) is 12.1 Å². The summed E-state index contributed by atoms with van der Waals surface area (Å²) in [4.78, 5) is 17.4. The third kappa shape index (κ3) is 3.49. The Balaban J connectivity index is 2.24. The predicted octanol–water partition coefficient (Wildman–Crippen LogP) is 3.56. The number of fused-ring (bicyclic) bond motifs is 1.